The molecule has 1 heterocycles. The number of carbonyl (C=O) groups excluding carboxylic acids is 1. The van der Waals surface area contributed by atoms with Crippen LogP contribution in [0.1, 0.15) is 92.4 Å². The summed E-state index contributed by atoms with van der Waals surface area (Å²) in [6.45, 7) is 11.4. The summed E-state index contributed by atoms with van der Waals surface area (Å²) >= 11 is 0. The van der Waals surface area contributed by atoms with E-state index in [0.29, 0.717) is 24.4 Å². The summed E-state index contributed by atoms with van der Waals surface area (Å²) in [7, 11) is 0. The molecule has 1 saturated heterocycles. The van der Waals surface area contributed by atoms with Crippen molar-refractivity contribution in [3.05, 3.63) is 24.0 Å². The maximum absolute atomic E-state index is 13.9. The number of fused-ring (bicyclic) bond motifs is 7. The fraction of sp³-hybridized carbons (Fsp3) is 0.828. The predicted molar refractivity (Wildman–Crippen MR) is 131 cm³/mol. The summed E-state index contributed by atoms with van der Waals surface area (Å²) in [4.78, 5) is 13.9. The Balaban J connectivity index is 1.46. The van der Waals surface area contributed by atoms with E-state index in [4.69, 9.17) is 14.2 Å². The van der Waals surface area contributed by atoms with Crippen molar-refractivity contribution in [2.75, 3.05) is 6.61 Å². The zero-order valence-corrected chi connectivity index (χ0v) is 21.8. The first-order valence-corrected chi connectivity index (χ1v) is 13.7. The number of hydrogen-bond donors (Lipinski definition) is 1. The lowest BCUT2D eigenvalue weighted by Gasteiger charge is -2.59. The minimum atomic E-state index is -0.954. The molecule has 190 valence electrons. The Hall–Kier alpha value is -1.17. The fourth-order valence-electron chi connectivity index (χ4n) is 8.71. The smallest absolute Gasteiger partial charge is 0.193 e. The van der Waals surface area contributed by atoms with Gasteiger partial charge in [-0.15, -0.1) is 0 Å². The number of hydrogen-bond acceptors (Lipinski definition) is 5. The zero-order chi connectivity index (χ0) is 24.4. The Morgan fingerprint density at radius 3 is 2.76 bits per heavy atom. The van der Waals surface area contributed by atoms with Crippen LogP contribution in [-0.2, 0) is 19.0 Å². The molecule has 0 spiro atoms. The van der Waals surface area contributed by atoms with Gasteiger partial charge < -0.3 is 19.3 Å². The lowest BCUT2D eigenvalue weighted by molar-refractivity contribution is -0.212. The molecule has 1 aliphatic heterocycles. The van der Waals surface area contributed by atoms with Crippen molar-refractivity contribution in [2.45, 2.75) is 116 Å². The number of aliphatic hydroxyl groups excluding tert-OH is 1. The second-order valence-electron chi connectivity index (χ2n) is 12.6. The average molecular weight is 473 g/mol. The van der Waals surface area contributed by atoms with Gasteiger partial charge in [-0.3, -0.25) is 4.79 Å². The lowest BCUT2D eigenvalue weighted by atomic mass is 9.46. The molecule has 0 aromatic heterocycles. The number of allylic oxidation sites excluding steroid dienone is 1. The lowest BCUT2D eigenvalue weighted by Crippen LogP contribution is -2.60. The van der Waals surface area contributed by atoms with Crippen molar-refractivity contribution >= 4 is 5.78 Å². The first-order valence-electron chi connectivity index (χ1n) is 13.7. The van der Waals surface area contributed by atoms with Crippen LogP contribution in [0, 0.1) is 28.6 Å². The van der Waals surface area contributed by atoms with Crippen molar-refractivity contribution in [1.29, 1.82) is 0 Å². The van der Waals surface area contributed by atoms with E-state index in [9.17, 15) is 9.90 Å². The molecule has 0 unspecified atom stereocenters. The molecule has 3 saturated carbocycles. The molecule has 0 amide bonds. The molecule has 4 aliphatic carbocycles. The average Bonchev–Trinajstić information content (AvgIpc) is 3.19. The van der Waals surface area contributed by atoms with Crippen molar-refractivity contribution in [3.63, 3.8) is 0 Å². The molecule has 1 N–H and O–H groups in total. The van der Waals surface area contributed by atoms with E-state index in [1.165, 1.54) is 5.57 Å². The third-order valence-corrected chi connectivity index (χ3v) is 10.4. The highest BCUT2D eigenvalue weighted by atomic mass is 16.8. The number of ketones is 1. The van der Waals surface area contributed by atoms with Gasteiger partial charge in [-0.1, -0.05) is 38.8 Å². The second-order valence-corrected chi connectivity index (χ2v) is 12.6. The van der Waals surface area contributed by atoms with E-state index < -0.39 is 11.4 Å². The highest BCUT2D eigenvalue weighted by Crippen LogP contribution is 2.70. The Bertz CT molecular complexity index is 876. The molecule has 5 heteroatoms. The van der Waals surface area contributed by atoms with Crippen molar-refractivity contribution in [2.24, 2.45) is 28.6 Å². The Morgan fingerprint density at radius 1 is 1.21 bits per heavy atom. The quantitative estimate of drug-likeness (QED) is 0.232. The summed E-state index contributed by atoms with van der Waals surface area (Å²) in [6.07, 6.45) is 14.0. The molecule has 5 nitrogen and oxygen atoms in total. The van der Waals surface area contributed by atoms with Gasteiger partial charge in [0.1, 0.15) is 0 Å². The maximum atomic E-state index is 13.9. The molecular weight excluding hydrogens is 428 g/mol. The van der Waals surface area contributed by atoms with Gasteiger partial charge in [0, 0.05) is 11.5 Å². The monoisotopic (exact) mass is 472 g/mol. The summed E-state index contributed by atoms with van der Waals surface area (Å²) in [5, 5.41) is 10.3. The van der Waals surface area contributed by atoms with Crippen molar-refractivity contribution in [1.82, 2.24) is 0 Å². The number of carbonyl (C=O) groups is 1. The molecule has 5 rings (SSSR count). The number of ether oxygens (including phenoxy) is 3. The maximum Gasteiger partial charge on any atom is 0.193 e. The zero-order valence-electron chi connectivity index (χ0n) is 21.8. The largest absolute Gasteiger partial charge is 0.501 e. The highest BCUT2D eigenvalue weighted by Gasteiger charge is 2.75. The van der Waals surface area contributed by atoms with Crippen LogP contribution in [0.4, 0.5) is 0 Å². The summed E-state index contributed by atoms with van der Waals surface area (Å²) in [5.41, 5.74) is 0.422. The van der Waals surface area contributed by atoms with Crippen LogP contribution in [0.25, 0.3) is 0 Å². The van der Waals surface area contributed by atoms with E-state index in [0.717, 1.165) is 57.8 Å². The van der Waals surface area contributed by atoms with Crippen LogP contribution in [0.3, 0.4) is 0 Å². The predicted octanol–water partition coefficient (Wildman–Crippen LogP) is 5.71. The Morgan fingerprint density at radius 2 is 2.00 bits per heavy atom. The van der Waals surface area contributed by atoms with E-state index in [1.54, 1.807) is 12.3 Å². The minimum Gasteiger partial charge on any atom is -0.501 e. The highest BCUT2D eigenvalue weighted by molar-refractivity contribution is 5.99. The van der Waals surface area contributed by atoms with Crippen molar-refractivity contribution < 1.29 is 24.1 Å². The molecular formula is C29H44O5. The molecule has 0 radical (unpaired) electrons. The van der Waals surface area contributed by atoms with Crippen molar-refractivity contribution in [3.8, 4) is 0 Å². The minimum absolute atomic E-state index is 0.00191. The van der Waals surface area contributed by atoms with Crippen LogP contribution in [0.15, 0.2) is 24.0 Å². The van der Waals surface area contributed by atoms with Gasteiger partial charge in [-0.05, 0) is 88.4 Å². The molecule has 34 heavy (non-hydrogen) atoms. The van der Waals surface area contributed by atoms with Gasteiger partial charge in [0.25, 0.3) is 0 Å². The van der Waals surface area contributed by atoms with Gasteiger partial charge in [-0.25, -0.2) is 0 Å². The number of unbranched alkanes of at least 4 members (excludes halogenated alkanes) is 1. The van der Waals surface area contributed by atoms with E-state index in [-0.39, 0.29) is 28.8 Å². The molecule has 4 fully saturated rings. The second kappa shape index (κ2) is 8.45. The third-order valence-electron chi connectivity index (χ3n) is 10.4. The van der Waals surface area contributed by atoms with Crippen LogP contribution < -0.4 is 0 Å². The summed E-state index contributed by atoms with van der Waals surface area (Å²) in [6, 6.07) is 0. The van der Waals surface area contributed by atoms with Gasteiger partial charge in [-0.2, -0.15) is 0 Å². The first kappa shape index (κ1) is 24.5. The molecule has 0 aromatic rings. The molecule has 5 aliphatic rings. The summed E-state index contributed by atoms with van der Waals surface area (Å²) in [5.74, 6) is 0.741. The standard InChI is InChI=1S/C29H44O5/c1-6-7-15-32-16-12-24(31)29-25(33-26(2,3)34-29)18-23-21-9-8-19-17-20(30)10-13-27(19,4)22(21)11-14-28(23,29)5/h8,12,16,20-23,25,30H,6-7,9-11,13-15,17-18H2,1-5H3/b16-12+/t20-,21-,22+,23+,25-,27-,28-,29-/m0/s1. The van der Waals surface area contributed by atoms with E-state index >= 15 is 0 Å². The Kier molecular flexibility index (Phi) is 6.10. The van der Waals surface area contributed by atoms with Crippen LogP contribution >= 0.6 is 0 Å². The molecule has 0 aromatic carbocycles. The topological polar surface area (TPSA) is 65.0 Å². The van der Waals surface area contributed by atoms with Gasteiger partial charge in [0.15, 0.2) is 17.2 Å². The van der Waals surface area contributed by atoms with Crippen LogP contribution in [-0.4, -0.2) is 41.1 Å². The number of aliphatic hydroxyl groups is 1. The molecule has 0 bridgehead atoms. The normalized spacial score (nSPS) is 46.9. The van der Waals surface area contributed by atoms with E-state index in [1.807, 2.05) is 13.8 Å². The van der Waals surface area contributed by atoms with E-state index in [2.05, 4.69) is 26.8 Å². The third kappa shape index (κ3) is 3.48. The van der Waals surface area contributed by atoms with Crippen LogP contribution in [0.5, 0.6) is 0 Å². The molecule has 8 atom stereocenters. The van der Waals surface area contributed by atoms with Crippen LogP contribution in [0.2, 0.25) is 0 Å². The van der Waals surface area contributed by atoms with Gasteiger partial charge >= 0.3 is 0 Å². The fourth-order valence-corrected chi connectivity index (χ4v) is 8.71. The summed E-state index contributed by atoms with van der Waals surface area (Å²) < 4.78 is 18.7. The van der Waals surface area contributed by atoms with Gasteiger partial charge in [0.2, 0.25) is 0 Å². The SMILES string of the molecule is CCCCO/C=C/C(=O)[C@]12OC(C)(C)O[C@H]1C[C@@H]1[C@H]3CC=C4C[C@@H](O)CC[C@]4(C)[C@@H]3CC[C@@]12C. The Labute approximate surface area is 205 Å². The first-order chi connectivity index (χ1) is 16.1. The van der Waals surface area contributed by atoms with Gasteiger partial charge in [0.05, 0.1) is 25.1 Å². The number of rotatable bonds is 6.